The SMILES string of the molecule is COc1cccc(OC)c1C(=O)NC(=O)Nc1ccc(-c2ccccc2)nc1. The number of nitrogens with zero attached hydrogens (tertiary/aromatic N) is 1. The van der Waals surface area contributed by atoms with Gasteiger partial charge in [-0.3, -0.25) is 15.1 Å². The maximum absolute atomic E-state index is 12.5. The summed E-state index contributed by atoms with van der Waals surface area (Å²) >= 11 is 0. The monoisotopic (exact) mass is 377 g/mol. The molecule has 3 amide bonds. The van der Waals surface area contributed by atoms with E-state index in [1.54, 1.807) is 30.3 Å². The molecule has 7 heteroatoms. The third-order valence-electron chi connectivity index (χ3n) is 3.97. The second-order valence-electron chi connectivity index (χ2n) is 5.74. The molecule has 0 atom stereocenters. The number of pyridine rings is 1. The minimum atomic E-state index is -0.688. The lowest BCUT2D eigenvalue weighted by atomic mass is 10.1. The summed E-state index contributed by atoms with van der Waals surface area (Å²) in [5.41, 5.74) is 2.34. The van der Waals surface area contributed by atoms with E-state index in [0.717, 1.165) is 11.3 Å². The van der Waals surface area contributed by atoms with E-state index in [4.69, 9.17) is 9.47 Å². The van der Waals surface area contributed by atoms with Crippen LogP contribution in [0.3, 0.4) is 0 Å². The number of amides is 3. The fraction of sp³-hybridized carbons (Fsp3) is 0.0952. The zero-order valence-corrected chi connectivity index (χ0v) is 15.4. The molecule has 3 aromatic rings. The summed E-state index contributed by atoms with van der Waals surface area (Å²) in [6.07, 6.45) is 1.52. The van der Waals surface area contributed by atoms with Crippen LogP contribution < -0.4 is 20.1 Å². The van der Waals surface area contributed by atoms with E-state index in [1.807, 2.05) is 30.3 Å². The average molecular weight is 377 g/mol. The Labute approximate surface area is 162 Å². The van der Waals surface area contributed by atoms with Gasteiger partial charge in [0.25, 0.3) is 5.91 Å². The highest BCUT2D eigenvalue weighted by atomic mass is 16.5. The lowest BCUT2D eigenvalue weighted by Crippen LogP contribution is -2.34. The molecule has 1 aromatic heterocycles. The zero-order chi connectivity index (χ0) is 19.9. The number of urea groups is 1. The zero-order valence-electron chi connectivity index (χ0n) is 15.4. The normalized spacial score (nSPS) is 10.1. The molecule has 0 spiro atoms. The van der Waals surface area contributed by atoms with Gasteiger partial charge in [0.1, 0.15) is 17.1 Å². The van der Waals surface area contributed by atoms with Crippen molar-refractivity contribution in [2.24, 2.45) is 0 Å². The Bertz CT molecular complexity index is 950. The molecule has 2 aromatic carbocycles. The number of ether oxygens (including phenoxy) is 2. The van der Waals surface area contributed by atoms with E-state index in [1.165, 1.54) is 20.4 Å². The smallest absolute Gasteiger partial charge is 0.326 e. The van der Waals surface area contributed by atoms with Crippen LogP contribution >= 0.6 is 0 Å². The molecule has 0 saturated carbocycles. The van der Waals surface area contributed by atoms with Crippen LogP contribution in [0.25, 0.3) is 11.3 Å². The van der Waals surface area contributed by atoms with Crippen molar-refractivity contribution in [3.05, 3.63) is 72.4 Å². The molecule has 0 fully saturated rings. The first-order valence-electron chi connectivity index (χ1n) is 8.47. The van der Waals surface area contributed by atoms with Crippen LogP contribution in [-0.4, -0.2) is 31.1 Å². The summed E-state index contributed by atoms with van der Waals surface area (Å²) in [6.45, 7) is 0. The van der Waals surface area contributed by atoms with Gasteiger partial charge in [0, 0.05) is 5.56 Å². The molecule has 0 radical (unpaired) electrons. The maximum Gasteiger partial charge on any atom is 0.326 e. The van der Waals surface area contributed by atoms with Gasteiger partial charge in [-0.05, 0) is 24.3 Å². The molecule has 0 aliphatic heterocycles. The van der Waals surface area contributed by atoms with Gasteiger partial charge < -0.3 is 14.8 Å². The third-order valence-corrected chi connectivity index (χ3v) is 3.97. The number of rotatable bonds is 5. The Morgan fingerprint density at radius 3 is 2.11 bits per heavy atom. The van der Waals surface area contributed by atoms with Crippen LogP contribution in [0.1, 0.15) is 10.4 Å². The molecule has 3 rings (SSSR count). The van der Waals surface area contributed by atoms with Crippen LogP contribution in [0, 0.1) is 0 Å². The molecule has 28 heavy (non-hydrogen) atoms. The summed E-state index contributed by atoms with van der Waals surface area (Å²) in [4.78, 5) is 29.0. The van der Waals surface area contributed by atoms with Gasteiger partial charge in [-0.2, -0.15) is 0 Å². The Hall–Kier alpha value is -3.87. The summed E-state index contributed by atoms with van der Waals surface area (Å²) in [6, 6.07) is 17.4. The van der Waals surface area contributed by atoms with Crippen molar-refractivity contribution >= 4 is 17.6 Å². The number of nitrogens with one attached hydrogen (secondary N) is 2. The number of methoxy groups -OCH3 is 2. The lowest BCUT2D eigenvalue weighted by Gasteiger charge is -2.13. The van der Waals surface area contributed by atoms with E-state index in [9.17, 15) is 9.59 Å². The highest BCUT2D eigenvalue weighted by molar-refractivity contribution is 6.10. The standard InChI is InChI=1S/C21H19N3O4/c1-27-17-9-6-10-18(28-2)19(17)20(25)24-21(26)23-15-11-12-16(22-13-15)14-7-4-3-5-8-14/h3-13H,1-2H3,(H2,23,24,25,26). The van der Waals surface area contributed by atoms with Crippen molar-refractivity contribution < 1.29 is 19.1 Å². The van der Waals surface area contributed by atoms with Gasteiger partial charge in [0.05, 0.1) is 31.8 Å². The molecule has 1 heterocycles. The molecule has 7 nitrogen and oxygen atoms in total. The second-order valence-corrected chi connectivity index (χ2v) is 5.74. The van der Waals surface area contributed by atoms with E-state index < -0.39 is 11.9 Å². The predicted molar refractivity (Wildman–Crippen MR) is 106 cm³/mol. The summed E-state index contributed by atoms with van der Waals surface area (Å²) in [5.74, 6) is -0.0299. The Kier molecular flexibility index (Phi) is 5.86. The highest BCUT2D eigenvalue weighted by Crippen LogP contribution is 2.28. The van der Waals surface area contributed by atoms with Crippen molar-refractivity contribution in [3.63, 3.8) is 0 Å². The number of hydrogen-bond acceptors (Lipinski definition) is 5. The van der Waals surface area contributed by atoms with E-state index >= 15 is 0 Å². The van der Waals surface area contributed by atoms with Crippen LogP contribution in [0.2, 0.25) is 0 Å². The van der Waals surface area contributed by atoms with Crippen LogP contribution in [-0.2, 0) is 0 Å². The maximum atomic E-state index is 12.5. The average Bonchev–Trinajstić information content (AvgIpc) is 2.74. The van der Waals surface area contributed by atoms with Crippen molar-refractivity contribution in [3.8, 4) is 22.8 Å². The van der Waals surface area contributed by atoms with Crippen molar-refractivity contribution in [1.82, 2.24) is 10.3 Å². The lowest BCUT2D eigenvalue weighted by molar-refractivity contribution is 0.0961. The molecule has 142 valence electrons. The molecule has 2 N–H and O–H groups in total. The minimum absolute atomic E-state index is 0.139. The Morgan fingerprint density at radius 1 is 0.857 bits per heavy atom. The van der Waals surface area contributed by atoms with Gasteiger partial charge in [0.2, 0.25) is 0 Å². The topological polar surface area (TPSA) is 89.5 Å². The fourth-order valence-electron chi connectivity index (χ4n) is 2.65. The fourth-order valence-corrected chi connectivity index (χ4v) is 2.65. The third kappa shape index (κ3) is 4.27. The van der Waals surface area contributed by atoms with Crippen molar-refractivity contribution in [2.45, 2.75) is 0 Å². The molecule has 0 saturated heterocycles. The molecular weight excluding hydrogens is 358 g/mol. The summed E-state index contributed by atoms with van der Waals surface area (Å²) in [7, 11) is 2.87. The summed E-state index contributed by atoms with van der Waals surface area (Å²) < 4.78 is 10.4. The highest BCUT2D eigenvalue weighted by Gasteiger charge is 2.20. The Balaban J connectivity index is 1.68. The Morgan fingerprint density at radius 2 is 1.54 bits per heavy atom. The number of aromatic nitrogens is 1. The van der Waals surface area contributed by atoms with Crippen LogP contribution in [0.5, 0.6) is 11.5 Å². The van der Waals surface area contributed by atoms with Crippen molar-refractivity contribution in [2.75, 3.05) is 19.5 Å². The molecule has 0 unspecified atom stereocenters. The van der Waals surface area contributed by atoms with Crippen molar-refractivity contribution in [1.29, 1.82) is 0 Å². The molecular formula is C21H19N3O4. The largest absolute Gasteiger partial charge is 0.496 e. The number of imide groups is 1. The first-order chi connectivity index (χ1) is 13.6. The molecule has 0 aliphatic rings. The number of hydrogen-bond donors (Lipinski definition) is 2. The van der Waals surface area contributed by atoms with Crippen LogP contribution in [0.15, 0.2) is 66.9 Å². The minimum Gasteiger partial charge on any atom is -0.496 e. The molecule has 0 aliphatic carbocycles. The first kappa shape index (κ1) is 18.9. The van der Waals surface area contributed by atoms with Gasteiger partial charge in [-0.1, -0.05) is 36.4 Å². The second kappa shape index (κ2) is 8.68. The quantitative estimate of drug-likeness (QED) is 0.707. The van der Waals surface area contributed by atoms with Gasteiger partial charge in [0.15, 0.2) is 0 Å². The number of anilines is 1. The van der Waals surface area contributed by atoms with Gasteiger partial charge >= 0.3 is 6.03 Å². The van der Waals surface area contributed by atoms with Gasteiger partial charge in [-0.25, -0.2) is 4.79 Å². The van der Waals surface area contributed by atoms with Crippen LogP contribution in [0.4, 0.5) is 10.5 Å². The number of carbonyl (C=O) groups is 2. The molecule has 0 bridgehead atoms. The first-order valence-corrected chi connectivity index (χ1v) is 8.47. The van der Waals surface area contributed by atoms with E-state index in [0.29, 0.717) is 17.2 Å². The van der Waals surface area contributed by atoms with Gasteiger partial charge in [-0.15, -0.1) is 0 Å². The predicted octanol–water partition coefficient (Wildman–Crippen LogP) is 3.73. The number of benzene rings is 2. The van der Waals surface area contributed by atoms with E-state index in [-0.39, 0.29) is 5.56 Å². The number of carbonyl (C=O) groups excluding carboxylic acids is 2. The summed E-state index contributed by atoms with van der Waals surface area (Å²) in [5, 5.41) is 4.84. The van der Waals surface area contributed by atoms with E-state index in [2.05, 4.69) is 15.6 Å².